The molecule has 9 nitrogen and oxygen atoms in total. The summed E-state index contributed by atoms with van der Waals surface area (Å²) in [6.45, 7) is 4.93. The molecule has 1 atom stereocenters. The van der Waals surface area contributed by atoms with Crippen LogP contribution < -0.4 is 21.1 Å². The highest BCUT2D eigenvalue weighted by atomic mass is 16.5. The third-order valence-electron chi connectivity index (χ3n) is 3.82. The Hall–Kier alpha value is -2.78. The summed E-state index contributed by atoms with van der Waals surface area (Å²) < 4.78 is 5.10. The van der Waals surface area contributed by atoms with Crippen molar-refractivity contribution in [3.63, 3.8) is 0 Å². The van der Waals surface area contributed by atoms with Gasteiger partial charge in [0.15, 0.2) is 12.4 Å². The number of fused-ring (bicyclic) bond motifs is 1. The summed E-state index contributed by atoms with van der Waals surface area (Å²) in [7, 11) is 1.57. The number of amides is 3. The van der Waals surface area contributed by atoms with Crippen LogP contribution in [0.4, 0.5) is 4.79 Å². The van der Waals surface area contributed by atoms with E-state index < -0.39 is 11.9 Å². The number of nitrogens with zero attached hydrogens (tertiary/aromatic N) is 1. The zero-order chi connectivity index (χ0) is 19.8. The van der Waals surface area contributed by atoms with Crippen molar-refractivity contribution < 1.29 is 19.2 Å². The number of aromatic nitrogens is 2. The van der Waals surface area contributed by atoms with Gasteiger partial charge in [0.05, 0.1) is 17.5 Å². The van der Waals surface area contributed by atoms with Crippen LogP contribution in [0.2, 0.25) is 0 Å². The van der Waals surface area contributed by atoms with Gasteiger partial charge in [-0.25, -0.2) is 9.78 Å². The molecule has 1 aromatic carbocycles. The van der Waals surface area contributed by atoms with Crippen LogP contribution in [0.1, 0.15) is 19.7 Å². The van der Waals surface area contributed by atoms with Crippen molar-refractivity contribution in [3.05, 3.63) is 40.4 Å². The fourth-order valence-electron chi connectivity index (χ4n) is 2.64. The second-order valence-electron chi connectivity index (χ2n) is 6.55. The number of imide groups is 1. The number of urea groups is 1. The smallest absolute Gasteiger partial charge is 0.321 e. The molecule has 0 spiro atoms. The number of methoxy groups -OCH3 is 1. The minimum absolute atomic E-state index is 0.0470. The predicted molar refractivity (Wildman–Crippen MR) is 100 cm³/mol. The molecule has 1 heterocycles. The van der Waals surface area contributed by atoms with E-state index in [1.807, 2.05) is 19.9 Å². The van der Waals surface area contributed by atoms with Gasteiger partial charge in [0, 0.05) is 13.2 Å². The fourth-order valence-corrected chi connectivity index (χ4v) is 2.64. The van der Waals surface area contributed by atoms with E-state index in [0.29, 0.717) is 36.4 Å². The Balaban J connectivity index is 2.08. The van der Waals surface area contributed by atoms with E-state index in [1.54, 1.807) is 25.3 Å². The van der Waals surface area contributed by atoms with Gasteiger partial charge in [-0.05, 0) is 26.0 Å². The first-order valence-corrected chi connectivity index (χ1v) is 8.80. The summed E-state index contributed by atoms with van der Waals surface area (Å²) in [4.78, 5) is 44.1. The van der Waals surface area contributed by atoms with Crippen LogP contribution in [-0.4, -0.2) is 54.8 Å². The first kappa shape index (κ1) is 20.5. The average Bonchev–Trinajstić information content (AvgIpc) is 2.58. The Morgan fingerprint density at radius 1 is 1.30 bits per heavy atom. The van der Waals surface area contributed by atoms with Crippen molar-refractivity contribution in [2.75, 3.05) is 26.8 Å². The number of hydrogen-bond donors (Lipinski definition) is 4. The summed E-state index contributed by atoms with van der Waals surface area (Å²) in [6.07, 6.45) is 0. The molecule has 0 saturated carbocycles. The topological polar surface area (TPSA) is 118 Å². The highest BCUT2D eigenvalue weighted by Crippen LogP contribution is 2.04. The van der Waals surface area contributed by atoms with E-state index in [2.05, 4.69) is 20.6 Å². The zero-order valence-electron chi connectivity index (χ0n) is 15.8. The molecule has 9 heteroatoms. The standard InChI is InChI=1S/C18H25N5O4/c1-12(2)19-18(26)22-16(24)11-23(8-9-27-3)10-15-20-14-7-5-4-6-13(14)17(25)21-15/h4-7,12H,8-11H2,1-3H3,(H,20,21,25)(H2,19,22,24,26)/p+1. The largest absolute Gasteiger partial charge is 0.379 e. The minimum atomic E-state index is -0.529. The normalized spacial score (nSPS) is 12.1. The third kappa shape index (κ3) is 6.46. The number of H-pyrrole nitrogens is 1. The lowest BCUT2D eigenvalue weighted by atomic mass is 10.2. The van der Waals surface area contributed by atoms with E-state index in [1.165, 1.54) is 0 Å². The van der Waals surface area contributed by atoms with Gasteiger partial charge in [-0.2, -0.15) is 0 Å². The number of benzene rings is 1. The van der Waals surface area contributed by atoms with E-state index >= 15 is 0 Å². The van der Waals surface area contributed by atoms with Gasteiger partial charge in [-0.3, -0.25) is 14.9 Å². The summed E-state index contributed by atoms with van der Waals surface area (Å²) >= 11 is 0. The van der Waals surface area contributed by atoms with E-state index in [-0.39, 0.29) is 18.1 Å². The number of carbonyl (C=O) groups excluding carboxylic acids is 2. The number of rotatable bonds is 8. The molecule has 1 unspecified atom stereocenters. The molecule has 4 N–H and O–H groups in total. The van der Waals surface area contributed by atoms with Crippen molar-refractivity contribution in [1.82, 2.24) is 20.6 Å². The van der Waals surface area contributed by atoms with Crippen LogP contribution in [0, 0.1) is 0 Å². The molecule has 2 rings (SSSR count). The van der Waals surface area contributed by atoms with Crippen molar-refractivity contribution >= 4 is 22.8 Å². The third-order valence-corrected chi connectivity index (χ3v) is 3.82. The lowest BCUT2D eigenvalue weighted by molar-refractivity contribution is -0.906. The van der Waals surface area contributed by atoms with E-state index in [4.69, 9.17) is 4.74 Å². The SMILES string of the molecule is COCC[NH+](CC(=O)NC(=O)NC(C)C)Cc1nc2ccccc2c(=O)[nH]1. The predicted octanol–water partition coefficient (Wildman–Crippen LogP) is -0.811. The first-order chi connectivity index (χ1) is 12.9. The molecule has 0 aliphatic carbocycles. The van der Waals surface area contributed by atoms with Crippen molar-refractivity contribution in [2.24, 2.45) is 0 Å². The van der Waals surface area contributed by atoms with Crippen molar-refractivity contribution in [3.8, 4) is 0 Å². The summed E-state index contributed by atoms with van der Waals surface area (Å²) in [5.41, 5.74) is 0.380. The monoisotopic (exact) mass is 376 g/mol. The van der Waals surface area contributed by atoms with E-state index in [9.17, 15) is 14.4 Å². The highest BCUT2D eigenvalue weighted by molar-refractivity contribution is 5.94. The molecule has 0 bridgehead atoms. The second-order valence-corrected chi connectivity index (χ2v) is 6.55. The summed E-state index contributed by atoms with van der Waals surface area (Å²) in [6, 6.07) is 6.48. The number of aromatic amines is 1. The maximum Gasteiger partial charge on any atom is 0.321 e. The van der Waals surface area contributed by atoms with Gasteiger partial charge in [-0.1, -0.05) is 12.1 Å². The number of para-hydroxylation sites is 1. The van der Waals surface area contributed by atoms with Crippen LogP contribution in [0.5, 0.6) is 0 Å². The van der Waals surface area contributed by atoms with Crippen LogP contribution in [-0.2, 0) is 16.1 Å². The number of carbonyl (C=O) groups is 2. The molecular weight excluding hydrogens is 350 g/mol. The molecule has 1 aromatic heterocycles. The van der Waals surface area contributed by atoms with Gasteiger partial charge < -0.3 is 19.9 Å². The van der Waals surface area contributed by atoms with Crippen LogP contribution in [0.25, 0.3) is 10.9 Å². The Morgan fingerprint density at radius 3 is 2.74 bits per heavy atom. The van der Waals surface area contributed by atoms with Crippen LogP contribution >= 0.6 is 0 Å². The van der Waals surface area contributed by atoms with Crippen molar-refractivity contribution in [1.29, 1.82) is 0 Å². The van der Waals surface area contributed by atoms with Gasteiger partial charge in [0.25, 0.3) is 11.5 Å². The molecule has 0 aliphatic rings. The van der Waals surface area contributed by atoms with Gasteiger partial charge in [0.2, 0.25) is 0 Å². The summed E-state index contributed by atoms with van der Waals surface area (Å²) in [5, 5.41) is 5.42. The van der Waals surface area contributed by atoms with Gasteiger partial charge >= 0.3 is 6.03 Å². The maximum absolute atomic E-state index is 12.2. The summed E-state index contributed by atoms with van der Waals surface area (Å²) in [5.74, 6) is 0.0617. The van der Waals surface area contributed by atoms with Crippen LogP contribution in [0.3, 0.4) is 0 Å². The van der Waals surface area contributed by atoms with Gasteiger partial charge in [-0.15, -0.1) is 0 Å². The highest BCUT2D eigenvalue weighted by Gasteiger charge is 2.18. The minimum Gasteiger partial charge on any atom is -0.379 e. The lowest BCUT2D eigenvalue weighted by Gasteiger charge is -2.18. The number of hydrogen-bond acceptors (Lipinski definition) is 5. The molecule has 3 amide bonds. The number of ether oxygens (including phenoxy) is 1. The van der Waals surface area contributed by atoms with Crippen molar-refractivity contribution in [2.45, 2.75) is 26.4 Å². The number of nitrogens with one attached hydrogen (secondary N) is 4. The molecule has 0 fully saturated rings. The Morgan fingerprint density at radius 2 is 2.04 bits per heavy atom. The molecule has 146 valence electrons. The fraction of sp³-hybridized carbons (Fsp3) is 0.444. The lowest BCUT2D eigenvalue weighted by Crippen LogP contribution is -3.12. The Labute approximate surface area is 157 Å². The Bertz CT molecular complexity index is 849. The Kier molecular flexibility index (Phi) is 7.44. The average molecular weight is 376 g/mol. The second kappa shape index (κ2) is 9.79. The van der Waals surface area contributed by atoms with E-state index in [0.717, 1.165) is 4.90 Å². The molecule has 0 radical (unpaired) electrons. The number of quaternary nitrogens is 1. The molecule has 0 aliphatic heterocycles. The quantitative estimate of drug-likeness (QED) is 0.481. The molecule has 27 heavy (non-hydrogen) atoms. The van der Waals surface area contributed by atoms with Crippen LogP contribution in [0.15, 0.2) is 29.1 Å². The maximum atomic E-state index is 12.2. The molecule has 2 aromatic rings. The first-order valence-electron chi connectivity index (χ1n) is 8.80. The van der Waals surface area contributed by atoms with Gasteiger partial charge in [0.1, 0.15) is 13.1 Å². The zero-order valence-corrected chi connectivity index (χ0v) is 15.8. The molecular formula is C18H26N5O4+. The molecule has 0 saturated heterocycles.